The van der Waals surface area contributed by atoms with Crippen LogP contribution in [0.3, 0.4) is 0 Å². The lowest BCUT2D eigenvalue weighted by Gasteiger charge is -2.38. The highest BCUT2D eigenvalue weighted by Gasteiger charge is 2.37. The van der Waals surface area contributed by atoms with E-state index in [0.717, 1.165) is 0 Å². The van der Waals surface area contributed by atoms with Crippen LogP contribution < -0.4 is 5.32 Å². The highest BCUT2D eigenvalue weighted by atomic mass is 32.2. The highest BCUT2D eigenvalue weighted by molar-refractivity contribution is 7.89. The number of anilines is 1. The molecule has 2 aromatic rings. The standard InChI is InChI=1S/C11H14N6O2S/c1-16-8-10(5-13-16)20(18,19)17-6-9(7-17)14-11-3-2-4-12-15-11/h2-5,8-9H,6-7H2,1H3,(H,14,15). The SMILES string of the molecule is Cn1cc(S(=O)(=O)N2CC(Nc3cccnn3)C2)cn1. The van der Waals surface area contributed by atoms with Gasteiger partial charge in [0.05, 0.1) is 12.2 Å². The molecule has 2 aromatic heterocycles. The van der Waals surface area contributed by atoms with E-state index in [-0.39, 0.29) is 10.9 Å². The number of aryl methyl sites for hydroxylation is 1. The first-order valence-electron chi connectivity index (χ1n) is 6.09. The summed E-state index contributed by atoms with van der Waals surface area (Å²) in [4.78, 5) is 0.220. The number of rotatable bonds is 4. The Morgan fingerprint density at radius 3 is 2.80 bits per heavy atom. The van der Waals surface area contributed by atoms with Gasteiger partial charge in [0.25, 0.3) is 0 Å². The maximum absolute atomic E-state index is 12.2. The van der Waals surface area contributed by atoms with Crippen LogP contribution in [0, 0.1) is 0 Å². The van der Waals surface area contributed by atoms with Crippen molar-refractivity contribution in [3.05, 3.63) is 30.7 Å². The Hall–Kier alpha value is -2.00. The van der Waals surface area contributed by atoms with Crippen LogP contribution in [0.15, 0.2) is 35.6 Å². The molecule has 3 rings (SSSR count). The van der Waals surface area contributed by atoms with Gasteiger partial charge in [-0.2, -0.15) is 14.5 Å². The van der Waals surface area contributed by atoms with Gasteiger partial charge in [0.2, 0.25) is 10.0 Å². The number of aromatic nitrogens is 4. The summed E-state index contributed by atoms with van der Waals surface area (Å²) in [5, 5.41) is 14.7. The molecule has 0 bridgehead atoms. The van der Waals surface area contributed by atoms with Crippen LogP contribution in [0.1, 0.15) is 0 Å². The molecule has 0 unspecified atom stereocenters. The lowest BCUT2D eigenvalue weighted by Crippen LogP contribution is -2.56. The lowest BCUT2D eigenvalue weighted by atomic mass is 10.2. The van der Waals surface area contributed by atoms with E-state index < -0.39 is 10.0 Å². The van der Waals surface area contributed by atoms with Gasteiger partial charge in [-0.1, -0.05) is 0 Å². The van der Waals surface area contributed by atoms with Gasteiger partial charge in [-0.05, 0) is 12.1 Å². The fourth-order valence-electron chi connectivity index (χ4n) is 1.99. The van der Waals surface area contributed by atoms with Crippen LogP contribution in [-0.2, 0) is 17.1 Å². The number of hydrogen-bond acceptors (Lipinski definition) is 6. The zero-order chi connectivity index (χ0) is 14.2. The molecular formula is C11H14N6O2S. The second-order valence-electron chi connectivity index (χ2n) is 4.62. The van der Waals surface area contributed by atoms with Crippen molar-refractivity contribution in [1.82, 2.24) is 24.3 Å². The third-order valence-corrected chi connectivity index (χ3v) is 4.88. The highest BCUT2D eigenvalue weighted by Crippen LogP contribution is 2.22. The molecule has 1 N–H and O–H groups in total. The van der Waals surface area contributed by atoms with Gasteiger partial charge in [-0.15, -0.1) is 5.10 Å². The molecule has 0 amide bonds. The van der Waals surface area contributed by atoms with Gasteiger partial charge in [0.1, 0.15) is 10.7 Å². The molecule has 1 aliphatic rings. The van der Waals surface area contributed by atoms with Gasteiger partial charge in [0, 0.05) is 32.5 Å². The normalized spacial score (nSPS) is 16.9. The van der Waals surface area contributed by atoms with Crippen LogP contribution in [-0.4, -0.2) is 51.8 Å². The first kappa shape index (κ1) is 13.0. The van der Waals surface area contributed by atoms with Crippen molar-refractivity contribution in [2.24, 2.45) is 7.05 Å². The zero-order valence-corrected chi connectivity index (χ0v) is 11.7. The Morgan fingerprint density at radius 2 is 2.20 bits per heavy atom. The maximum Gasteiger partial charge on any atom is 0.246 e. The Bertz CT molecular complexity index is 693. The first-order valence-corrected chi connectivity index (χ1v) is 7.53. The van der Waals surface area contributed by atoms with Crippen molar-refractivity contribution in [3.63, 3.8) is 0 Å². The molecule has 0 aromatic carbocycles. The van der Waals surface area contributed by atoms with Crippen molar-refractivity contribution >= 4 is 15.8 Å². The van der Waals surface area contributed by atoms with Gasteiger partial charge >= 0.3 is 0 Å². The average Bonchev–Trinajstić information content (AvgIpc) is 2.82. The summed E-state index contributed by atoms with van der Waals surface area (Å²) < 4.78 is 27.4. The molecule has 0 saturated carbocycles. The summed E-state index contributed by atoms with van der Waals surface area (Å²) in [7, 11) is -1.74. The van der Waals surface area contributed by atoms with Crippen LogP contribution in [0.4, 0.5) is 5.82 Å². The molecule has 0 aliphatic carbocycles. The molecule has 106 valence electrons. The predicted molar refractivity (Wildman–Crippen MR) is 71.4 cm³/mol. The van der Waals surface area contributed by atoms with Crippen molar-refractivity contribution in [3.8, 4) is 0 Å². The molecule has 0 atom stereocenters. The van der Waals surface area contributed by atoms with Crippen molar-refractivity contribution in [2.45, 2.75) is 10.9 Å². The van der Waals surface area contributed by atoms with E-state index in [2.05, 4.69) is 20.6 Å². The number of hydrogen-bond donors (Lipinski definition) is 1. The van der Waals surface area contributed by atoms with Gasteiger partial charge in [-0.25, -0.2) is 8.42 Å². The minimum absolute atomic E-state index is 0.0538. The Balaban J connectivity index is 1.63. The summed E-state index contributed by atoms with van der Waals surface area (Å²) in [5.74, 6) is 0.649. The summed E-state index contributed by atoms with van der Waals surface area (Å²) >= 11 is 0. The fourth-order valence-corrected chi connectivity index (χ4v) is 3.51. The molecule has 0 radical (unpaired) electrons. The Kier molecular flexibility index (Phi) is 3.14. The van der Waals surface area contributed by atoms with E-state index in [1.165, 1.54) is 21.4 Å². The zero-order valence-electron chi connectivity index (χ0n) is 10.8. The molecule has 1 saturated heterocycles. The van der Waals surface area contributed by atoms with Gasteiger partial charge in [0.15, 0.2) is 0 Å². The summed E-state index contributed by atoms with van der Waals surface area (Å²) in [6.45, 7) is 0.821. The second-order valence-corrected chi connectivity index (χ2v) is 6.56. The van der Waals surface area contributed by atoms with E-state index in [4.69, 9.17) is 0 Å². The van der Waals surface area contributed by atoms with Crippen LogP contribution in [0.25, 0.3) is 0 Å². The molecular weight excluding hydrogens is 280 g/mol. The Morgan fingerprint density at radius 1 is 1.40 bits per heavy atom. The van der Waals surface area contributed by atoms with E-state index in [1.54, 1.807) is 25.4 Å². The lowest BCUT2D eigenvalue weighted by molar-refractivity contribution is 0.280. The topological polar surface area (TPSA) is 93.0 Å². The first-order chi connectivity index (χ1) is 9.55. The van der Waals surface area contributed by atoms with Crippen molar-refractivity contribution in [1.29, 1.82) is 0 Å². The minimum atomic E-state index is -3.43. The summed E-state index contributed by atoms with van der Waals surface area (Å²) in [6.07, 6.45) is 4.45. The van der Waals surface area contributed by atoms with Gasteiger partial charge < -0.3 is 5.32 Å². The van der Waals surface area contributed by atoms with Crippen LogP contribution >= 0.6 is 0 Å². The number of nitrogens with one attached hydrogen (secondary N) is 1. The average molecular weight is 294 g/mol. The predicted octanol–water partition coefficient (Wildman–Crippen LogP) is -0.305. The monoisotopic (exact) mass is 294 g/mol. The molecule has 20 heavy (non-hydrogen) atoms. The van der Waals surface area contributed by atoms with Crippen LogP contribution in [0.5, 0.6) is 0 Å². The third kappa shape index (κ3) is 2.37. The smallest absolute Gasteiger partial charge is 0.246 e. The molecule has 1 fully saturated rings. The third-order valence-electron chi connectivity index (χ3n) is 3.09. The maximum atomic E-state index is 12.2. The van der Waals surface area contributed by atoms with Crippen molar-refractivity contribution in [2.75, 3.05) is 18.4 Å². The largest absolute Gasteiger partial charge is 0.363 e. The van der Waals surface area contributed by atoms with E-state index in [0.29, 0.717) is 18.9 Å². The fraction of sp³-hybridized carbons (Fsp3) is 0.364. The Labute approximate surface area is 116 Å². The number of sulfonamides is 1. The van der Waals surface area contributed by atoms with Gasteiger partial charge in [-0.3, -0.25) is 4.68 Å². The summed E-state index contributed by atoms with van der Waals surface area (Å²) in [5.41, 5.74) is 0. The second kappa shape index (κ2) is 4.84. The van der Waals surface area contributed by atoms with Crippen molar-refractivity contribution < 1.29 is 8.42 Å². The molecule has 8 nitrogen and oxygen atoms in total. The van der Waals surface area contributed by atoms with E-state index >= 15 is 0 Å². The summed E-state index contributed by atoms with van der Waals surface area (Å²) in [6, 6.07) is 3.63. The molecule has 3 heterocycles. The molecule has 1 aliphatic heterocycles. The minimum Gasteiger partial charge on any atom is -0.363 e. The van der Waals surface area contributed by atoms with Crippen LogP contribution in [0.2, 0.25) is 0 Å². The van der Waals surface area contributed by atoms with E-state index in [9.17, 15) is 8.42 Å². The molecule has 0 spiro atoms. The van der Waals surface area contributed by atoms with E-state index in [1.807, 2.05) is 0 Å². The molecule has 9 heteroatoms. The quantitative estimate of drug-likeness (QED) is 0.832. The number of nitrogens with zero attached hydrogens (tertiary/aromatic N) is 5.